The van der Waals surface area contributed by atoms with Crippen molar-refractivity contribution in [1.82, 2.24) is 0 Å². The molecule has 4 fully saturated rings. The van der Waals surface area contributed by atoms with E-state index in [4.69, 9.17) is 0 Å². The fraction of sp³-hybridized carbons (Fsp3) is 0.778. The van der Waals surface area contributed by atoms with E-state index < -0.39 is 0 Å². The van der Waals surface area contributed by atoms with Gasteiger partial charge in [-0.15, -0.1) is 0 Å². The molecule has 0 N–H and O–H groups in total. The van der Waals surface area contributed by atoms with E-state index in [2.05, 4.69) is 0 Å². The van der Waals surface area contributed by atoms with E-state index in [0.29, 0.717) is 11.8 Å². The second-order valence-electron chi connectivity index (χ2n) is 4.08. The van der Waals surface area contributed by atoms with Crippen molar-refractivity contribution < 1.29 is 9.59 Å². The number of hydrogen-bond donors (Lipinski definition) is 0. The van der Waals surface area contributed by atoms with Gasteiger partial charge in [0.1, 0.15) is 0 Å². The molecule has 4 unspecified atom stereocenters. The summed E-state index contributed by atoms with van der Waals surface area (Å²) in [5, 5.41) is 0. The summed E-state index contributed by atoms with van der Waals surface area (Å²) >= 11 is 0. The highest BCUT2D eigenvalue weighted by molar-refractivity contribution is 6.40. The summed E-state index contributed by atoms with van der Waals surface area (Å²) < 4.78 is 0. The highest BCUT2D eigenvalue weighted by Gasteiger charge is 2.61. The lowest BCUT2D eigenvalue weighted by atomic mass is 9.69. The molecule has 11 heavy (non-hydrogen) atoms. The average Bonchev–Trinajstić information content (AvgIpc) is 2.76. The van der Waals surface area contributed by atoms with Crippen molar-refractivity contribution in [3.8, 4) is 0 Å². The third kappa shape index (κ3) is 0.547. The summed E-state index contributed by atoms with van der Waals surface area (Å²) in [6, 6.07) is 0. The van der Waals surface area contributed by atoms with Crippen LogP contribution in [0, 0.1) is 23.7 Å². The van der Waals surface area contributed by atoms with Gasteiger partial charge >= 0.3 is 0 Å². The molecule has 0 saturated heterocycles. The molecule has 0 amide bonds. The third-order valence-electron chi connectivity index (χ3n) is 3.63. The smallest absolute Gasteiger partial charge is 0.202 e. The number of carbonyl (C=O) groups excluding carboxylic acids is 2. The van der Waals surface area contributed by atoms with Crippen molar-refractivity contribution in [2.45, 2.75) is 19.3 Å². The van der Waals surface area contributed by atoms with Gasteiger partial charge in [-0.2, -0.15) is 0 Å². The Bertz CT molecular complexity index is 230. The minimum absolute atomic E-state index is 0.0417. The molecule has 4 rings (SSSR count). The maximum atomic E-state index is 11.3. The van der Waals surface area contributed by atoms with Crippen LogP contribution in [0.4, 0.5) is 0 Å². The van der Waals surface area contributed by atoms with Crippen molar-refractivity contribution >= 4 is 11.6 Å². The number of Topliss-reactive ketones (excluding diaryl/α,β-unsaturated/α-hetero) is 2. The first-order chi connectivity index (χ1) is 5.29. The predicted molar refractivity (Wildman–Crippen MR) is 37.8 cm³/mol. The summed E-state index contributed by atoms with van der Waals surface area (Å²) in [5.41, 5.74) is 0. The summed E-state index contributed by atoms with van der Waals surface area (Å²) in [7, 11) is 0. The van der Waals surface area contributed by atoms with Gasteiger partial charge in [0.15, 0.2) is 0 Å². The van der Waals surface area contributed by atoms with Gasteiger partial charge in [0, 0.05) is 11.8 Å². The van der Waals surface area contributed by atoms with Crippen molar-refractivity contribution in [2.75, 3.05) is 0 Å². The molecule has 0 spiro atoms. The van der Waals surface area contributed by atoms with Crippen molar-refractivity contribution in [3.05, 3.63) is 0 Å². The van der Waals surface area contributed by atoms with Gasteiger partial charge in [0.2, 0.25) is 11.6 Å². The zero-order valence-electron chi connectivity index (χ0n) is 6.25. The fourth-order valence-corrected chi connectivity index (χ4v) is 2.96. The van der Waals surface area contributed by atoms with Gasteiger partial charge in [-0.1, -0.05) is 0 Å². The lowest BCUT2D eigenvalue weighted by Crippen LogP contribution is -2.42. The molecule has 4 aliphatic carbocycles. The number of rotatable bonds is 0. The highest BCUT2D eigenvalue weighted by Crippen LogP contribution is 2.59. The highest BCUT2D eigenvalue weighted by atomic mass is 16.2. The van der Waals surface area contributed by atoms with Gasteiger partial charge in [0.25, 0.3) is 0 Å². The molecular weight excluding hydrogens is 140 g/mol. The Kier molecular flexibility index (Phi) is 0.846. The number of carbonyl (C=O) groups is 2. The first-order valence-corrected chi connectivity index (χ1v) is 4.37. The zero-order valence-corrected chi connectivity index (χ0v) is 6.25. The number of fused-ring (bicyclic) bond motifs is 2. The number of ketones is 2. The predicted octanol–water partition coefficient (Wildman–Crippen LogP) is 0.800. The summed E-state index contributed by atoms with van der Waals surface area (Å²) in [5.74, 6) is 1.47. The second-order valence-corrected chi connectivity index (χ2v) is 4.08. The van der Waals surface area contributed by atoms with E-state index in [1.165, 1.54) is 0 Å². The van der Waals surface area contributed by atoms with Crippen molar-refractivity contribution in [1.29, 1.82) is 0 Å². The van der Waals surface area contributed by atoms with E-state index >= 15 is 0 Å². The van der Waals surface area contributed by atoms with Crippen LogP contribution in [0.1, 0.15) is 19.3 Å². The molecule has 0 aliphatic heterocycles. The first kappa shape index (κ1) is 5.92. The quantitative estimate of drug-likeness (QED) is 0.479. The van der Waals surface area contributed by atoms with Crippen LogP contribution in [0.2, 0.25) is 0 Å². The standard InChI is InChI=1S/C9H10O2/c10-8-4-1-2-5(9(8)11)7-3-6(4)7/h4-7H,1-3H2. The minimum atomic E-state index is -0.0417. The average molecular weight is 150 g/mol. The Labute approximate surface area is 65.0 Å². The van der Waals surface area contributed by atoms with Crippen molar-refractivity contribution in [2.24, 2.45) is 23.7 Å². The molecule has 2 heteroatoms. The van der Waals surface area contributed by atoms with E-state index in [0.717, 1.165) is 19.3 Å². The molecule has 2 bridgehead atoms. The largest absolute Gasteiger partial charge is 0.291 e. The fourth-order valence-electron chi connectivity index (χ4n) is 2.96. The Hall–Kier alpha value is -0.660. The molecule has 0 heterocycles. The molecule has 4 atom stereocenters. The van der Waals surface area contributed by atoms with Gasteiger partial charge in [-0.3, -0.25) is 9.59 Å². The Balaban J connectivity index is 2.06. The SMILES string of the molecule is O=C1C(=O)C2CCC1C1CC21. The van der Waals surface area contributed by atoms with Crippen LogP contribution >= 0.6 is 0 Å². The van der Waals surface area contributed by atoms with Crippen LogP contribution in [0.25, 0.3) is 0 Å². The van der Waals surface area contributed by atoms with Crippen LogP contribution in [-0.4, -0.2) is 11.6 Å². The lowest BCUT2D eigenvalue weighted by molar-refractivity contribution is -0.147. The Morgan fingerprint density at radius 2 is 1.36 bits per heavy atom. The summed E-state index contributed by atoms with van der Waals surface area (Å²) in [6.45, 7) is 0. The Morgan fingerprint density at radius 1 is 0.909 bits per heavy atom. The van der Waals surface area contributed by atoms with Crippen LogP contribution in [0.3, 0.4) is 0 Å². The van der Waals surface area contributed by atoms with Crippen LogP contribution in [0.15, 0.2) is 0 Å². The topological polar surface area (TPSA) is 34.1 Å². The summed E-state index contributed by atoms with van der Waals surface area (Å²) in [4.78, 5) is 22.5. The molecule has 58 valence electrons. The molecule has 0 radical (unpaired) electrons. The molecule has 2 nitrogen and oxygen atoms in total. The number of hydrogen-bond acceptors (Lipinski definition) is 2. The second kappa shape index (κ2) is 1.57. The van der Waals surface area contributed by atoms with Gasteiger partial charge < -0.3 is 0 Å². The van der Waals surface area contributed by atoms with Crippen LogP contribution in [0.5, 0.6) is 0 Å². The van der Waals surface area contributed by atoms with Crippen LogP contribution in [-0.2, 0) is 9.59 Å². The maximum absolute atomic E-state index is 11.3. The molecule has 4 aliphatic rings. The zero-order chi connectivity index (χ0) is 7.59. The van der Waals surface area contributed by atoms with E-state index in [1.54, 1.807) is 0 Å². The molecule has 0 aromatic rings. The summed E-state index contributed by atoms with van der Waals surface area (Å²) in [6.07, 6.45) is 3.15. The Morgan fingerprint density at radius 3 is 1.82 bits per heavy atom. The van der Waals surface area contributed by atoms with Crippen molar-refractivity contribution in [3.63, 3.8) is 0 Å². The lowest BCUT2D eigenvalue weighted by Gasteiger charge is -2.32. The third-order valence-corrected chi connectivity index (χ3v) is 3.63. The molecule has 0 aromatic heterocycles. The van der Waals surface area contributed by atoms with E-state index in [1.807, 2.05) is 0 Å². The normalized spacial score (nSPS) is 52.7. The van der Waals surface area contributed by atoms with E-state index in [9.17, 15) is 9.59 Å². The van der Waals surface area contributed by atoms with Gasteiger partial charge in [-0.25, -0.2) is 0 Å². The maximum Gasteiger partial charge on any atom is 0.202 e. The molecule has 0 aromatic carbocycles. The van der Waals surface area contributed by atoms with Gasteiger partial charge in [0.05, 0.1) is 0 Å². The monoisotopic (exact) mass is 150 g/mol. The van der Waals surface area contributed by atoms with Crippen LogP contribution < -0.4 is 0 Å². The minimum Gasteiger partial charge on any atom is -0.291 e. The first-order valence-electron chi connectivity index (χ1n) is 4.37. The molecule has 4 saturated carbocycles. The van der Waals surface area contributed by atoms with E-state index in [-0.39, 0.29) is 23.4 Å². The van der Waals surface area contributed by atoms with Gasteiger partial charge in [-0.05, 0) is 31.1 Å². The molecular formula is C9H10O2.